The van der Waals surface area contributed by atoms with E-state index in [1.165, 1.54) is 72.8 Å². The fraction of sp³-hybridized carbons (Fsp3) is 0.158. The van der Waals surface area contributed by atoms with E-state index in [9.17, 15) is 40.9 Å². The van der Waals surface area contributed by atoms with Crippen molar-refractivity contribution in [2.24, 2.45) is 0 Å². The maximum absolute atomic E-state index is 15.6. The van der Waals surface area contributed by atoms with Crippen LogP contribution in [0.2, 0.25) is 0 Å². The van der Waals surface area contributed by atoms with E-state index in [0.29, 0.717) is 45.8 Å². The predicted octanol–water partition coefficient (Wildman–Crippen LogP) is 5.39. The van der Waals surface area contributed by atoms with Gasteiger partial charge in [-0.25, -0.2) is 0 Å². The molecule has 0 saturated heterocycles. The highest BCUT2D eigenvalue weighted by Gasteiger charge is 2.64. The fourth-order valence-electron chi connectivity index (χ4n) is 11.0. The Hall–Kier alpha value is -6.92. The highest BCUT2D eigenvalue weighted by atomic mass is 32.2. The molecule has 0 spiro atoms. The van der Waals surface area contributed by atoms with Gasteiger partial charge < -0.3 is 40.9 Å². The van der Waals surface area contributed by atoms with Crippen molar-refractivity contribution in [1.82, 2.24) is 0 Å². The summed E-state index contributed by atoms with van der Waals surface area (Å²) < 4.78 is 146. The van der Waals surface area contributed by atoms with Crippen molar-refractivity contribution in [1.29, 1.82) is 0 Å². The summed E-state index contributed by atoms with van der Waals surface area (Å²) in [7, 11) is -26.1. The normalized spacial score (nSPS) is 22.2. The van der Waals surface area contributed by atoms with Crippen molar-refractivity contribution in [2.75, 3.05) is 0 Å². The van der Waals surface area contributed by atoms with E-state index >= 15 is 33.7 Å². The number of rotatable bonds is 12. The average molecular weight is 1180 g/mol. The van der Waals surface area contributed by atoms with Crippen LogP contribution in [0, 0.1) is 0 Å². The molecule has 4 atom stereocenters. The topological polar surface area (TPSA) is 335 Å². The van der Waals surface area contributed by atoms with Crippen molar-refractivity contribution in [3.8, 4) is 0 Å². The molecular weight excluding hydrogens is 1130 g/mol. The third kappa shape index (κ3) is 9.51. The molecular formula is C57H44O20S4. The number of benzene rings is 8. The van der Waals surface area contributed by atoms with Gasteiger partial charge in [0.2, 0.25) is 23.1 Å². The zero-order valence-electron chi connectivity index (χ0n) is 41.4. The van der Waals surface area contributed by atoms with Gasteiger partial charge in [0.15, 0.2) is 21.0 Å². The van der Waals surface area contributed by atoms with Crippen LogP contribution in [0.4, 0.5) is 0 Å². The number of hydrogen-bond donors (Lipinski definition) is 8. The molecule has 4 unspecified atom stereocenters. The van der Waals surface area contributed by atoms with Crippen LogP contribution in [-0.4, -0.2) is 104 Å². The molecule has 4 aliphatic carbocycles. The van der Waals surface area contributed by atoms with E-state index in [1.807, 2.05) is 0 Å². The van der Waals surface area contributed by atoms with E-state index in [4.69, 9.17) is 16.7 Å². The zero-order valence-corrected chi connectivity index (χ0v) is 44.7. The average Bonchev–Trinajstić information content (AvgIpc) is 3.16. The van der Waals surface area contributed by atoms with Gasteiger partial charge in [-0.2, -0.15) is 50.4 Å². The second kappa shape index (κ2) is 18.5. The third-order valence-electron chi connectivity index (χ3n) is 14.5. The summed E-state index contributed by atoms with van der Waals surface area (Å²) in [4.78, 5) is 0. The molecule has 0 saturated carbocycles. The van der Waals surface area contributed by atoms with Gasteiger partial charge in [0.25, 0.3) is 40.5 Å². The van der Waals surface area contributed by atoms with Gasteiger partial charge in [-0.1, -0.05) is 121 Å². The van der Waals surface area contributed by atoms with Crippen molar-refractivity contribution in [2.45, 2.75) is 50.3 Å². The molecule has 81 heavy (non-hydrogen) atoms. The van der Waals surface area contributed by atoms with Gasteiger partial charge in [-0.05, 0) is 160 Å². The molecule has 0 fully saturated rings. The minimum Gasteiger partial charge on any atom is -0.361 e. The van der Waals surface area contributed by atoms with Gasteiger partial charge in [0.05, 0.1) is 0 Å². The lowest BCUT2D eigenvalue weighted by Crippen LogP contribution is -2.55. The molecule has 0 amide bonds. The Morgan fingerprint density at radius 3 is 0.654 bits per heavy atom. The van der Waals surface area contributed by atoms with Gasteiger partial charge in [-0.15, -0.1) is 0 Å². The Kier molecular flexibility index (Phi) is 12.5. The van der Waals surface area contributed by atoms with Crippen molar-refractivity contribution < 1.29 is 91.3 Å². The predicted molar refractivity (Wildman–Crippen MR) is 294 cm³/mol. The first-order valence-corrected chi connectivity index (χ1v) is 30.3. The summed E-state index contributed by atoms with van der Waals surface area (Å²) in [5, 5.41) is 84.5. The minimum absolute atomic E-state index is 0.0691. The molecule has 24 heteroatoms. The van der Waals surface area contributed by atoms with Crippen molar-refractivity contribution in [3.05, 3.63) is 214 Å². The maximum Gasteiger partial charge on any atom is 0.471 e. The smallest absolute Gasteiger partial charge is 0.361 e. The Labute approximate surface area is 461 Å². The lowest BCUT2D eigenvalue weighted by atomic mass is 9.90. The first-order chi connectivity index (χ1) is 38.0. The molecule has 8 aromatic rings. The largest absolute Gasteiger partial charge is 0.471 e. The fourth-order valence-corrected chi connectivity index (χ4v) is 17.3. The van der Waals surface area contributed by atoms with Gasteiger partial charge in [0, 0.05) is 0 Å². The number of aliphatic hydroxyl groups is 8. The third-order valence-corrected chi connectivity index (χ3v) is 21.0. The molecule has 12 rings (SSSR count). The van der Waals surface area contributed by atoms with Crippen molar-refractivity contribution >= 4 is 108 Å². The van der Waals surface area contributed by atoms with Crippen LogP contribution in [0.15, 0.2) is 170 Å². The van der Waals surface area contributed by atoms with Crippen LogP contribution in [0.5, 0.6) is 0 Å². The molecule has 20 nitrogen and oxygen atoms in total. The first-order valence-electron chi connectivity index (χ1n) is 24.4. The van der Waals surface area contributed by atoms with Crippen LogP contribution >= 0.6 is 0 Å². The summed E-state index contributed by atoms with van der Waals surface area (Å²) in [6.45, 7) is 0. The Morgan fingerprint density at radius 1 is 0.296 bits per heavy atom. The molecule has 0 bridgehead atoms. The molecule has 4 aliphatic rings. The highest BCUT2D eigenvalue weighted by molar-refractivity contribution is 7.89. The molecule has 0 radical (unpaired) electrons. The number of hydrogen-bond acceptors (Lipinski definition) is 20. The SMILES string of the molecule is O=S(=O)(OC(OS(=O)(=O)C1c2cc3ccccc3cc2C=CC1(O)O)(OS(=O)(=O)C1c2cc3ccccc3cc2C=CC1(O)O)OS(=O)(=O)C1c2cc3ccccc3cc2C=CC1(O)O)C1c2cc3ccccc3cc2C=CC1(O)O. The second-order valence-corrected chi connectivity index (χ2v) is 26.6. The van der Waals surface area contributed by atoms with Crippen LogP contribution in [0.25, 0.3) is 67.4 Å². The van der Waals surface area contributed by atoms with E-state index < -0.39 is 113 Å². The molecule has 0 aromatic heterocycles. The molecule has 0 heterocycles. The van der Waals surface area contributed by atoms with E-state index in [-0.39, 0.29) is 43.8 Å². The standard InChI is InChI=1S/C57H44O20S4/c58-53(59)21-17-41-25-33-9-1-5-13-37(33)29-45(41)49(53)78(66,67)74-57(75-79(68,69)50-46-30-38-14-6-2-10-34(38)26-42(46)18-22-54(50,60)61,76-80(70,71)51-47-31-39-15-7-3-11-35(39)27-43(47)19-23-55(51,62)63)77-81(72,73)52-48-32-40-16-8-4-12-36(40)28-44(48)20-24-56(52,64)65/h1-32,49-52,58-65H. The second-order valence-electron chi connectivity index (χ2n) is 20.1. The Balaban J connectivity index is 1.12. The molecule has 0 aliphatic heterocycles. The van der Waals surface area contributed by atoms with Gasteiger partial charge in [-0.3, -0.25) is 0 Å². The highest BCUT2D eigenvalue weighted by Crippen LogP contribution is 2.52. The lowest BCUT2D eigenvalue weighted by Gasteiger charge is -2.40. The van der Waals surface area contributed by atoms with E-state index in [2.05, 4.69) is 0 Å². The monoisotopic (exact) mass is 1180 g/mol. The minimum atomic E-state index is -6.53. The molecule has 8 N–H and O–H groups in total. The van der Waals surface area contributed by atoms with Crippen LogP contribution in [-0.2, 0) is 57.2 Å². The van der Waals surface area contributed by atoms with Gasteiger partial charge >= 0.3 is 6.16 Å². The zero-order chi connectivity index (χ0) is 57.5. The number of fused-ring (bicyclic) bond motifs is 8. The quantitative estimate of drug-likeness (QED) is 0.0561. The van der Waals surface area contributed by atoms with E-state index in [1.54, 1.807) is 48.5 Å². The maximum atomic E-state index is 15.6. The Morgan fingerprint density at radius 2 is 0.469 bits per heavy atom. The summed E-state index contributed by atoms with van der Waals surface area (Å²) in [6, 6.07) is 35.2. The van der Waals surface area contributed by atoms with Crippen molar-refractivity contribution in [3.63, 3.8) is 0 Å². The van der Waals surface area contributed by atoms with Crippen LogP contribution < -0.4 is 0 Å². The Bertz CT molecular complexity index is 4020. The summed E-state index contributed by atoms with van der Waals surface area (Å²) in [6.07, 6.45) is 1.13. The lowest BCUT2D eigenvalue weighted by molar-refractivity contribution is -0.363. The summed E-state index contributed by atoms with van der Waals surface area (Å²) in [5.41, 5.74) is -2.51. The molecule has 416 valence electrons. The summed E-state index contributed by atoms with van der Waals surface area (Å²) >= 11 is 0. The van der Waals surface area contributed by atoms with Crippen LogP contribution in [0.1, 0.15) is 65.5 Å². The van der Waals surface area contributed by atoms with E-state index in [0.717, 1.165) is 48.6 Å². The van der Waals surface area contributed by atoms with Crippen LogP contribution in [0.3, 0.4) is 0 Å². The summed E-state index contributed by atoms with van der Waals surface area (Å²) in [5.74, 6) is -14.6. The van der Waals surface area contributed by atoms with Gasteiger partial charge in [0.1, 0.15) is 0 Å². The first kappa shape index (κ1) is 54.7. The molecule has 8 aromatic carbocycles.